The van der Waals surface area contributed by atoms with Crippen molar-refractivity contribution in [1.29, 1.82) is 0 Å². The number of ether oxygens (including phenoxy) is 1. The second kappa shape index (κ2) is 6.43. The van der Waals surface area contributed by atoms with Crippen molar-refractivity contribution < 1.29 is 9.84 Å². The van der Waals surface area contributed by atoms with Crippen LogP contribution in [0.4, 0.5) is 0 Å². The standard InChI is InChI=1S/C15H21N3O2/c1-4-18-13(7-8-17-18)11(2)16-10-12-5-6-15(20-3)14(19)9-12/h5-9,11,16,19H,4,10H2,1-3H3. The molecule has 0 saturated heterocycles. The minimum atomic E-state index is 0.165. The number of methoxy groups -OCH3 is 1. The lowest BCUT2D eigenvalue weighted by Crippen LogP contribution is -2.21. The first-order valence-corrected chi connectivity index (χ1v) is 6.76. The highest BCUT2D eigenvalue weighted by Crippen LogP contribution is 2.26. The minimum absolute atomic E-state index is 0.165. The number of hydrogen-bond acceptors (Lipinski definition) is 4. The molecule has 0 spiro atoms. The van der Waals surface area contributed by atoms with E-state index in [0.717, 1.165) is 17.8 Å². The summed E-state index contributed by atoms with van der Waals surface area (Å²) in [7, 11) is 1.54. The third-order valence-electron chi connectivity index (χ3n) is 3.35. The van der Waals surface area contributed by atoms with Crippen molar-refractivity contribution in [3.63, 3.8) is 0 Å². The predicted octanol–water partition coefficient (Wildman–Crippen LogP) is 2.47. The summed E-state index contributed by atoms with van der Waals surface area (Å²) in [6, 6.07) is 7.65. The molecule has 2 aromatic rings. The second-order valence-electron chi connectivity index (χ2n) is 4.68. The Morgan fingerprint density at radius 3 is 2.85 bits per heavy atom. The van der Waals surface area contributed by atoms with E-state index in [4.69, 9.17) is 4.74 Å². The summed E-state index contributed by atoms with van der Waals surface area (Å²) in [5.41, 5.74) is 2.17. The fourth-order valence-corrected chi connectivity index (χ4v) is 2.20. The van der Waals surface area contributed by atoms with E-state index in [1.807, 2.05) is 23.0 Å². The number of phenolic OH excluding ortho intramolecular Hbond substituents is 1. The third-order valence-corrected chi connectivity index (χ3v) is 3.35. The van der Waals surface area contributed by atoms with E-state index in [1.54, 1.807) is 19.2 Å². The number of phenols is 1. The molecule has 0 radical (unpaired) electrons. The van der Waals surface area contributed by atoms with Crippen LogP contribution >= 0.6 is 0 Å². The average Bonchev–Trinajstić information content (AvgIpc) is 2.93. The fraction of sp³-hybridized carbons (Fsp3) is 0.400. The molecule has 5 nitrogen and oxygen atoms in total. The Balaban J connectivity index is 2.00. The largest absolute Gasteiger partial charge is 0.504 e. The van der Waals surface area contributed by atoms with Gasteiger partial charge in [0.05, 0.1) is 12.8 Å². The first-order chi connectivity index (χ1) is 9.65. The molecular formula is C15H21N3O2. The highest BCUT2D eigenvalue weighted by Gasteiger charge is 2.10. The molecule has 1 aromatic carbocycles. The van der Waals surface area contributed by atoms with Crippen LogP contribution in [0.25, 0.3) is 0 Å². The Kier molecular flexibility index (Phi) is 4.63. The van der Waals surface area contributed by atoms with Crippen LogP contribution in [-0.4, -0.2) is 22.0 Å². The number of aromatic hydroxyl groups is 1. The molecule has 0 aliphatic heterocycles. The molecule has 5 heteroatoms. The van der Waals surface area contributed by atoms with Crippen molar-refractivity contribution in [3.8, 4) is 11.5 Å². The van der Waals surface area contributed by atoms with Gasteiger partial charge in [0, 0.05) is 25.3 Å². The summed E-state index contributed by atoms with van der Waals surface area (Å²) in [4.78, 5) is 0. The van der Waals surface area contributed by atoms with Gasteiger partial charge in [-0.2, -0.15) is 5.10 Å². The summed E-state index contributed by atoms with van der Waals surface area (Å²) >= 11 is 0. The SMILES string of the molecule is CCn1nccc1C(C)NCc1ccc(OC)c(O)c1. The average molecular weight is 275 g/mol. The number of aromatic nitrogens is 2. The molecule has 1 unspecified atom stereocenters. The van der Waals surface area contributed by atoms with E-state index in [-0.39, 0.29) is 11.8 Å². The number of aryl methyl sites for hydroxylation is 1. The lowest BCUT2D eigenvalue weighted by molar-refractivity contribution is 0.373. The molecule has 0 aliphatic carbocycles. The van der Waals surface area contributed by atoms with Crippen molar-refractivity contribution in [3.05, 3.63) is 41.7 Å². The van der Waals surface area contributed by atoms with Crippen molar-refractivity contribution in [2.45, 2.75) is 33.0 Å². The van der Waals surface area contributed by atoms with Crippen LogP contribution in [0.5, 0.6) is 11.5 Å². The second-order valence-corrected chi connectivity index (χ2v) is 4.68. The molecule has 108 valence electrons. The molecule has 0 aliphatic rings. The van der Waals surface area contributed by atoms with Crippen molar-refractivity contribution in [2.24, 2.45) is 0 Å². The number of nitrogens with one attached hydrogen (secondary N) is 1. The van der Waals surface area contributed by atoms with Gasteiger partial charge in [-0.15, -0.1) is 0 Å². The van der Waals surface area contributed by atoms with E-state index in [1.165, 1.54) is 0 Å². The van der Waals surface area contributed by atoms with Crippen molar-refractivity contribution in [2.75, 3.05) is 7.11 Å². The Hall–Kier alpha value is -2.01. The van der Waals surface area contributed by atoms with Crippen LogP contribution in [-0.2, 0) is 13.1 Å². The molecule has 1 atom stereocenters. The lowest BCUT2D eigenvalue weighted by Gasteiger charge is -2.15. The maximum Gasteiger partial charge on any atom is 0.160 e. The van der Waals surface area contributed by atoms with E-state index in [9.17, 15) is 5.11 Å². The van der Waals surface area contributed by atoms with Crippen LogP contribution in [0, 0.1) is 0 Å². The molecule has 0 bridgehead atoms. The van der Waals surface area contributed by atoms with Gasteiger partial charge in [-0.25, -0.2) is 0 Å². The molecule has 1 aromatic heterocycles. The summed E-state index contributed by atoms with van der Waals surface area (Å²) in [6.07, 6.45) is 1.82. The van der Waals surface area contributed by atoms with Gasteiger partial charge in [0.15, 0.2) is 11.5 Å². The van der Waals surface area contributed by atoms with Gasteiger partial charge in [0.1, 0.15) is 0 Å². The van der Waals surface area contributed by atoms with Gasteiger partial charge in [0.2, 0.25) is 0 Å². The molecule has 20 heavy (non-hydrogen) atoms. The van der Waals surface area contributed by atoms with E-state index in [2.05, 4.69) is 24.3 Å². The van der Waals surface area contributed by atoms with E-state index >= 15 is 0 Å². The first kappa shape index (κ1) is 14.4. The zero-order chi connectivity index (χ0) is 14.5. The Morgan fingerprint density at radius 1 is 1.40 bits per heavy atom. The van der Waals surface area contributed by atoms with Gasteiger partial charge in [-0.3, -0.25) is 4.68 Å². The first-order valence-electron chi connectivity index (χ1n) is 6.76. The Labute approximate surface area is 119 Å². The van der Waals surface area contributed by atoms with Gasteiger partial charge in [-0.05, 0) is 37.6 Å². The predicted molar refractivity (Wildman–Crippen MR) is 77.8 cm³/mol. The zero-order valence-corrected chi connectivity index (χ0v) is 12.1. The number of benzene rings is 1. The van der Waals surface area contributed by atoms with Crippen LogP contribution in [0.15, 0.2) is 30.5 Å². The third kappa shape index (κ3) is 3.11. The van der Waals surface area contributed by atoms with Crippen molar-refractivity contribution in [1.82, 2.24) is 15.1 Å². The molecule has 0 amide bonds. The van der Waals surface area contributed by atoms with E-state index < -0.39 is 0 Å². The van der Waals surface area contributed by atoms with Gasteiger partial charge < -0.3 is 15.2 Å². The lowest BCUT2D eigenvalue weighted by atomic mass is 10.1. The summed E-state index contributed by atoms with van der Waals surface area (Å²) < 4.78 is 7.01. The van der Waals surface area contributed by atoms with Gasteiger partial charge in [0.25, 0.3) is 0 Å². The van der Waals surface area contributed by atoms with E-state index in [0.29, 0.717) is 12.3 Å². The molecule has 2 rings (SSSR count). The number of rotatable bonds is 6. The van der Waals surface area contributed by atoms with Gasteiger partial charge >= 0.3 is 0 Å². The highest BCUT2D eigenvalue weighted by atomic mass is 16.5. The number of nitrogens with zero attached hydrogens (tertiary/aromatic N) is 2. The minimum Gasteiger partial charge on any atom is -0.504 e. The molecule has 0 fully saturated rings. The molecular weight excluding hydrogens is 254 g/mol. The Bertz CT molecular complexity index is 566. The smallest absolute Gasteiger partial charge is 0.160 e. The van der Waals surface area contributed by atoms with Crippen LogP contribution in [0.1, 0.15) is 31.1 Å². The summed E-state index contributed by atoms with van der Waals surface area (Å²) in [6.45, 7) is 5.71. The quantitative estimate of drug-likeness (QED) is 0.850. The highest BCUT2D eigenvalue weighted by molar-refractivity contribution is 5.41. The topological polar surface area (TPSA) is 59.3 Å². The zero-order valence-electron chi connectivity index (χ0n) is 12.1. The van der Waals surface area contributed by atoms with Gasteiger partial charge in [-0.1, -0.05) is 6.07 Å². The van der Waals surface area contributed by atoms with Crippen LogP contribution in [0.3, 0.4) is 0 Å². The van der Waals surface area contributed by atoms with Crippen LogP contribution < -0.4 is 10.1 Å². The molecule has 0 saturated carbocycles. The number of hydrogen-bond donors (Lipinski definition) is 2. The normalized spacial score (nSPS) is 12.3. The van der Waals surface area contributed by atoms with Crippen LogP contribution in [0.2, 0.25) is 0 Å². The fourth-order valence-electron chi connectivity index (χ4n) is 2.20. The Morgan fingerprint density at radius 2 is 2.20 bits per heavy atom. The summed E-state index contributed by atoms with van der Waals surface area (Å²) in [5.74, 6) is 0.656. The summed E-state index contributed by atoms with van der Waals surface area (Å²) in [5, 5.41) is 17.5. The maximum atomic E-state index is 9.76. The molecule has 2 N–H and O–H groups in total. The van der Waals surface area contributed by atoms with Crippen molar-refractivity contribution >= 4 is 0 Å². The molecule has 1 heterocycles. The monoisotopic (exact) mass is 275 g/mol. The maximum absolute atomic E-state index is 9.76.